The monoisotopic (exact) mass is 408 g/mol. The number of hydrogen-bond donors (Lipinski definition) is 1. The molecule has 1 atom stereocenters. The van der Waals surface area contributed by atoms with Crippen LogP contribution in [0.1, 0.15) is 32.4 Å². The van der Waals surface area contributed by atoms with Gasteiger partial charge in [0.05, 0.1) is 24.1 Å². The smallest absolute Gasteiger partial charge is 0.241 e. The number of halogens is 1. The molecule has 1 amide bonds. The Balaban J connectivity index is 2.16. The lowest BCUT2D eigenvalue weighted by atomic mass is 10.1. The first kappa shape index (κ1) is 21.7. The van der Waals surface area contributed by atoms with E-state index >= 15 is 0 Å². The van der Waals surface area contributed by atoms with Gasteiger partial charge >= 0.3 is 0 Å². The average molecular weight is 408 g/mol. The fraction of sp³-hybridized carbons (Fsp3) is 0.350. The minimum absolute atomic E-state index is 0.0678. The fourth-order valence-electron chi connectivity index (χ4n) is 2.64. The Labute approximate surface area is 165 Å². The van der Waals surface area contributed by atoms with Gasteiger partial charge in [-0.3, -0.25) is 9.10 Å². The SMILES string of the molecule is CC(C)Oc1cccc(N(CC(=O)NC(C)c2ccc(F)cc2)S(C)(=O)=O)c1. The van der Waals surface area contributed by atoms with Crippen molar-refractivity contribution >= 4 is 21.6 Å². The summed E-state index contributed by atoms with van der Waals surface area (Å²) in [5, 5.41) is 2.74. The van der Waals surface area contributed by atoms with Gasteiger partial charge in [-0.05, 0) is 50.6 Å². The van der Waals surface area contributed by atoms with Crippen LogP contribution in [0.2, 0.25) is 0 Å². The van der Waals surface area contributed by atoms with Crippen molar-refractivity contribution in [2.24, 2.45) is 0 Å². The van der Waals surface area contributed by atoms with Crippen molar-refractivity contribution in [1.82, 2.24) is 5.32 Å². The van der Waals surface area contributed by atoms with Crippen LogP contribution in [-0.2, 0) is 14.8 Å². The molecular weight excluding hydrogens is 383 g/mol. The summed E-state index contributed by atoms with van der Waals surface area (Å²) in [6, 6.07) is 11.9. The predicted molar refractivity (Wildman–Crippen MR) is 107 cm³/mol. The highest BCUT2D eigenvalue weighted by Crippen LogP contribution is 2.24. The number of ether oxygens (including phenoxy) is 1. The second-order valence-electron chi connectivity index (χ2n) is 6.77. The Kier molecular flexibility index (Phi) is 7.01. The molecule has 0 aromatic heterocycles. The zero-order valence-electron chi connectivity index (χ0n) is 16.3. The van der Waals surface area contributed by atoms with Crippen molar-refractivity contribution in [2.75, 3.05) is 17.1 Å². The standard InChI is InChI=1S/C20H25FN2O4S/c1-14(2)27-19-7-5-6-18(12-19)23(28(4,25)26)13-20(24)22-15(3)16-8-10-17(21)11-9-16/h5-12,14-15H,13H2,1-4H3,(H,22,24). The molecule has 1 unspecified atom stereocenters. The molecule has 0 bridgehead atoms. The molecule has 0 aliphatic rings. The van der Waals surface area contributed by atoms with Gasteiger partial charge in [0, 0.05) is 6.07 Å². The van der Waals surface area contributed by atoms with Crippen molar-refractivity contribution in [3.8, 4) is 5.75 Å². The maximum Gasteiger partial charge on any atom is 0.241 e. The van der Waals surface area contributed by atoms with Crippen LogP contribution in [0.3, 0.4) is 0 Å². The van der Waals surface area contributed by atoms with Crippen LogP contribution < -0.4 is 14.4 Å². The third-order valence-electron chi connectivity index (χ3n) is 3.91. The zero-order chi connectivity index (χ0) is 20.9. The van der Waals surface area contributed by atoms with Gasteiger partial charge < -0.3 is 10.1 Å². The molecule has 1 N–H and O–H groups in total. The van der Waals surface area contributed by atoms with Gasteiger partial charge in [0.1, 0.15) is 18.1 Å². The average Bonchev–Trinajstić information content (AvgIpc) is 2.59. The van der Waals surface area contributed by atoms with Gasteiger partial charge in [0.2, 0.25) is 15.9 Å². The van der Waals surface area contributed by atoms with E-state index in [1.165, 1.54) is 12.1 Å². The zero-order valence-corrected chi connectivity index (χ0v) is 17.2. The molecular formula is C20H25FN2O4S. The van der Waals surface area contributed by atoms with Gasteiger partial charge in [-0.1, -0.05) is 18.2 Å². The highest BCUT2D eigenvalue weighted by atomic mass is 32.2. The molecule has 152 valence electrons. The van der Waals surface area contributed by atoms with Crippen molar-refractivity contribution in [1.29, 1.82) is 0 Å². The third-order valence-corrected chi connectivity index (χ3v) is 5.05. The molecule has 2 rings (SSSR count). The van der Waals surface area contributed by atoms with E-state index < -0.39 is 22.0 Å². The molecule has 0 heterocycles. The molecule has 0 saturated heterocycles. The van der Waals surface area contributed by atoms with E-state index in [2.05, 4.69) is 5.32 Å². The Morgan fingerprint density at radius 1 is 1.14 bits per heavy atom. The van der Waals surface area contributed by atoms with Crippen molar-refractivity contribution in [3.05, 3.63) is 59.9 Å². The third kappa shape index (κ3) is 6.23. The van der Waals surface area contributed by atoms with Crippen molar-refractivity contribution < 1.29 is 22.3 Å². The number of carbonyl (C=O) groups excluding carboxylic acids is 1. The number of benzene rings is 2. The van der Waals surface area contributed by atoms with Crippen LogP contribution >= 0.6 is 0 Å². The first-order valence-corrected chi connectivity index (χ1v) is 10.7. The van der Waals surface area contributed by atoms with E-state index in [0.29, 0.717) is 17.0 Å². The Hall–Kier alpha value is -2.61. The lowest BCUT2D eigenvalue weighted by Crippen LogP contribution is -2.41. The van der Waals surface area contributed by atoms with Crippen LogP contribution in [0.25, 0.3) is 0 Å². The molecule has 6 nitrogen and oxygen atoms in total. The van der Waals surface area contributed by atoms with E-state index in [1.54, 1.807) is 43.3 Å². The van der Waals surface area contributed by atoms with Crippen LogP contribution in [0.15, 0.2) is 48.5 Å². The Morgan fingerprint density at radius 2 is 1.79 bits per heavy atom. The number of sulfonamides is 1. The first-order valence-electron chi connectivity index (χ1n) is 8.85. The van der Waals surface area contributed by atoms with E-state index in [-0.39, 0.29) is 18.5 Å². The topological polar surface area (TPSA) is 75.7 Å². The summed E-state index contributed by atoms with van der Waals surface area (Å²) in [5.41, 5.74) is 1.05. The van der Waals surface area contributed by atoms with Crippen LogP contribution in [0.5, 0.6) is 5.75 Å². The number of nitrogens with zero attached hydrogens (tertiary/aromatic N) is 1. The molecule has 0 aliphatic carbocycles. The summed E-state index contributed by atoms with van der Waals surface area (Å²) in [6.07, 6.45) is 0.974. The Morgan fingerprint density at radius 3 is 2.36 bits per heavy atom. The summed E-state index contributed by atoms with van der Waals surface area (Å²) < 4.78 is 44.2. The number of hydrogen-bond acceptors (Lipinski definition) is 4. The van der Waals surface area contributed by atoms with E-state index in [4.69, 9.17) is 4.74 Å². The normalized spacial score (nSPS) is 12.5. The maximum absolute atomic E-state index is 13.0. The summed E-state index contributed by atoms with van der Waals surface area (Å²) in [5.74, 6) is -0.326. The van der Waals surface area contributed by atoms with Crippen LogP contribution in [0.4, 0.5) is 10.1 Å². The number of nitrogens with one attached hydrogen (secondary N) is 1. The Bertz CT molecular complexity index is 914. The molecule has 0 radical (unpaired) electrons. The van der Waals surface area contributed by atoms with Gasteiger partial charge in [-0.15, -0.1) is 0 Å². The van der Waals surface area contributed by atoms with Crippen LogP contribution in [-0.4, -0.2) is 33.2 Å². The quantitative estimate of drug-likeness (QED) is 0.728. The minimum Gasteiger partial charge on any atom is -0.491 e. The van der Waals surface area contributed by atoms with Crippen molar-refractivity contribution in [2.45, 2.75) is 32.9 Å². The molecule has 2 aromatic rings. The van der Waals surface area contributed by atoms with Gasteiger partial charge in [-0.2, -0.15) is 0 Å². The highest BCUT2D eigenvalue weighted by molar-refractivity contribution is 7.92. The van der Waals surface area contributed by atoms with Gasteiger partial charge in [0.25, 0.3) is 0 Å². The fourth-order valence-corrected chi connectivity index (χ4v) is 3.48. The second kappa shape index (κ2) is 9.05. The number of rotatable bonds is 8. The molecule has 0 spiro atoms. The molecule has 0 saturated carbocycles. The first-order chi connectivity index (χ1) is 13.1. The van der Waals surface area contributed by atoms with E-state index in [1.807, 2.05) is 13.8 Å². The summed E-state index contributed by atoms with van der Waals surface area (Å²) in [4.78, 5) is 12.5. The summed E-state index contributed by atoms with van der Waals surface area (Å²) in [7, 11) is -3.70. The molecule has 0 fully saturated rings. The van der Waals surface area contributed by atoms with Crippen molar-refractivity contribution in [3.63, 3.8) is 0 Å². The summed E-state index contributed by atoms with van der Waals surface area (Å²) >= 11 is 0. The largest absolute Gasteiger partial charge is 0.491 e. The predicted octanol–water partition coefficient (Wildman–Crippen LogP) is 3.26. The molecule has 28 heavy (non-hydrogen) atoms. The number of anilines is 1. The number of carbonyl (C=O) groups is 1. The number of amides is 1. The van der Waals surface area contributed by atoms with Gasteiger partial charge in [-0.25, -0.2) is 12.8 Å². The van der Waals surface area contributed by atoms with E-state index in [0.717, 1.165) is 10.6 Å². The lowest BCUT2D eigenvalue weighted by Gasteiger charge is -2.24. The van der Waals surface area contributed by atoms with Crippen LogP contribution in [0, 0.1) is 5.82 Å². The minimum atomic E-state index is -3.70. The second-order valence-corrected chi connectivity index (χ2v) is 8.68. The molecule has 8 heteroatoms. The maximum atomic E-state index is 13.0. The lowest BCUT2D eigenvalue weighted by molar-refractivity contribution is -0.120. The molecule has 2 aromatic carbocycles. The van der Waals surface area contributed by atoms with E-state index in [9.17, 15) is 17.6 Å². The summed E-state index contributed by atoms with van der Waals surface area (Å²) in [6.45, 7) is 5.10. The molecule has 0 aliphatic heterocycles. The highest BCUT2D eigenvalue weighted by Gasteiger charge is 2.22. The van der Waals surface area contributed by atoms with Gasteiger partial charge in [0.15, 0.2) is 0 Å².